The van der Waals surface area contributed by atoms with E-state index < -0.39 is 11.9 Å². The van der Waals surface area contributed by atoms with Crippen molar-refractivity contribution in [2.45, 2.75) is 26.3 Å². The number of ether oxygens (including phenoxy) is 1. The standard InChI is InChI=1S/C28H22ClNO5/c1-3-13-34-21-6-4-5-18(14-21)25-24-26(32)22-15-19(29)9-12-23(22)35-27(24)28(33)30(25)20-10-7-17(8-11-20)16(2)31/h4-12,14-15,25H,3,13H2,1-2H3. The molecule has 176 valence electrons. The van der Waals surface area contributed by atoms with Gasteiger partial charge in [0, 0.05) is 16.3 Å². The van der Waals surface area contributed by atoms with Gasteiger partial charge >= 0.3 is 0 Å². The summed E-state index contributed by atoms with van der Waals surface area (Å²) >= 11 is 6.16. The van der Waals surface area contributed by atoms with E-state index in [0.717, 1.165) is 6.42 Å². The lowest BCUT2D eigenvalue weighted by molar-refractivity contribution is 0.0970. The lowest BCUT2D eigenvalue weighted by atomic mass is 9.98. The maximum atomic E-state index is 13.7. The molecule has 35 heavy (non-hydrogen) atoms. The van der Waals surface area contributed by atoms with Gasteiger partial charge < -0.3 is 9.15 Å². The van der Waals surface area contributed by atoms with E-state index in [1.54, 1.807) is 42.5 Å². The van der Waals surface area contributed by atoms with Gasteiger partial charge in [-0.25, -0.2) is 0 Å². The normalized spacial score (nSPS) is 14.9. The van der Waals surface area contributed by atoms with Crippen molar-refractivity contribution >= 4 is 39.9 Å². The van der Waals surface area contributed by atoms with Crippen LogP contribution < -0.4 is 15.1 Å². The Hall–Kier alpha value is -3.90. The highest BCUT2D eigenvalue weighted by Gasteiger charge is 2.43. The Morgan fingerprint density at radius 3 is 2.54 bits per heavy atom. The van der Waals surface area contributed by atoms with Crippen molar-refractivity contribution < 1.29 is 18.7 Å². The molecule has 1 aliphatic heterocycles. The van der Waals surface area contributed by atoms with E-state index in [-0.39, 0.29) is 22.5 Å². The minimum Gasteiger partial charge on any atom is -0.494 e. The van der Waals surface area contributed by atoms with Gasteiger partial charge in [0.25, 0.3) is 5.91 Å². The smallest absolute Gasteiger partial charge is 0.295 e. The Bertz CT molecular complexity index is 1520. The first-order chi connectivity index (χ1) is 16.9. The third-order valence-electron chi connectivity index (χ3n) is 6.03. The summed E-state index contributed by atoms with van der Waals surface area (Å²) in [5, 5.41) is 0.707. The Kier molecular flexibility index (Phi) is 5.91. The number of benzene rings is 3. The summed E-state index contributed by atoms with van der Waals surface area (Å²) in [7, 11) is 0. The quantitative estimate of drug-likeness (QED) is 0.303. The van der Waals surface area contributed by atoms with E-state index >= 15 is 0 Å². The molecule has 0 bridgehead atoms. The van der Waals surface area contributed by atoms with Gasteiger partial charge in [-0.05, 0) is 73.5 Å². The van der Waals surface area contributed by atoms with Crippen LogP contribution in [0, 0.1) is 0 Å². The Labute approximate surface area is 206 Å². The molecule has 3 aromatic carbocycles. The van der Waals surface area contributed by atoms with Gasteiger partial charge in [0.1, 0.15) is 11.3 Å². The fraction of sp³-hybridized carbons (Fsp3) is 0.179. The van der Waals surface area contributed by atoms with E-state index in [1.165, 1.54) is 11.8 Å². The van der Waals surface area contributed by atoms with Crippen LogP contribution in [0.5, 0.6) is 5.75 Å². The predicted molar refractivity (Wildman–Crippen MR) is 135 cm³/mol. The highest BCUT2D eigenvalue weighted by Crippen LogP contribution is 2.42. The summed E-state index contributed by atoms with van der Waals surface area (Å²) in [6, 6.07) is 18.1. The van der Waals surface area contributed by atoms with E-state index in [0.29, 0.717) is 45.2 Å². The van der Waals surface area contributed by atoms with Gasteiger partial charge in [-0.3, -0.25) is 19.3 Å². The second-order valence-corrected chi connectivity index (χ2v) is 8.85. The highest BCUT2D eigenvalue weighted by atomic mass is 35.5. The van der Waals surface area contributed by atoms with Gasteiger partial charge in [-0.2, -0.15) is 0 Å². The number of rotatable bonds is 6. The van der Waals surface area contributed by atoms with Crippen molar-refractivity contribution in [2.75, 3.05) is 11.5 Å². The number of amides is 1. The molecule has 0 spiro atoms. The number of nitrogens with zero attached hydrogens (tertiary/aromatic N) is 1. The lowest BCUT2D eigenvalue weighted by Gasteiger charge is -2.25. The van der Waals surface area contributed by atoms with Gasteiger partial charge in [0.15, 0.2) is 11.2 Å². The van der Waals surface area contributed by atoms with E-state index in [1.807, 2.05) is 31.2 Å². The monoisotopic (exact) mass is 487 g/mol. The van der Waals surface area contributed by atoms with E-state index in [9.17, 15) is 14.4 Å². The molecular formula is C28H22ClNO5. The van der Waals surface area contributed by atoms with Crippen LogP contribution in [0.25, 0.3) is 11.0 Å². The lowest BCUT2D eigenvalue weighted by Crippen LogP contribution is -2.29. The zero-order valence-corrected chi connectivity index (χ0v) is 20.0. The molecule has 6 nitrogen and oxygen atoms in total. The minimum absolute atomic E-state index is 0.00894. The van der Waals surface area contributed by atoms with Crippen LogP contribution in [-0.2, 0) is 0 Å². The molecule has 1 amide bonds. The van der Waals surface area contributed by atoms with Gasteiger partial charge in [-0.1, -0.05) is 30.7 Å². The predicted octanol–water partition coefficient (Wildman–Crippen LogP) is 6.19. The van der Waals surface area contributed by atoms with Gasteiger partial charge in [-0.15, -0.1) is 0 Å². The number of Topliss-reactive ketones (excluding diaryl/α,β-unsaturated/α-hetero) is 1. The summed E-state index contributed by atoms with van der Waals surface area (Å²) < 4.78 is 11.8. The summed E-state index contributed by atoms with van der Waals surface area (Å²) in [5.41, 5.74) is 1.99. The number of ketones is 1. The topological polar surface area (TPSA) is 76.8 Å². The SMILES string of the molecule is CCCOc1cccc(C2c3c(oc4ccc(Cl)cc4c3=O)C(=O)N2c2ccc(C(C)=O)cc2)c1. The van der Waals surface area contributed by atoms with Crippen molar-refractivity contribution in [1.29, 1.82) is 0 Å². The fourth-order valence-electron chi connectivity index (χ4n) is 4.38. The van der Waals surface area contributed by atoms with Gasteiger partial charge in [0.05, 0.1) is 23.6 Å². The number of hydrogen-bond acceptors (Lipinski definition) is 5. The van der Waals surface area contributed by atoms with Crippen LogP contribution in [0.3, 0.4) is 0 Å². The molecule has 0 N–H and O–H groups in total. The molecule has 0 saturated heterocycles. The van der Waals surface area contributed by atoms with Crippen molar-refractivity contribution in [1.82, 2.24) is 0 Å². The van der Waals surface area contributed by atoms with Crippen molar-refractivity contribution in [3.63, 3.8) is 0 Å². The average Bonchev–Trinajstić information content (AvgIpc) is 3.16. The second kappa shape index (κ2) is 9.04. The maximum absolute atomic E-state index is 13.7. The van der Waals surface area contributed by atoms with E-state index in [2.05, 4.69) is 0 Å². The Balaban J connectivity index is 1.74. The van der Waals surface area contributed by atoms with Gasteiger partial charge in [0.2, 0.25) is 5.76 Å². The first-order valence-electron chi connectivity index (χ1n) is 11.3. The minimum atomic E-state index is -0.745. The Morgan fingerprint density at radius 1 is 1.06 bits per heavy atom. The summed E-state index contributed by atoms with van der Waals surface area (Å²) in [6.07, 6.45) is 0.847. The van der Waals surface area contributed by atoms with E-state index in [4.69, 9.17) is 20.8 Å². The largest absolute Gasteiger partial charge is 0.494 e. The molecule has 4 aromatic rings. The fourth-order valence-corrected chi connectivity index (χ4v) is 4.55. The first-order valence-corrected chi connectivity index (χ1v) is 11.7. The maximum Gasteiger partial charge on any atom is 0.295 e. The van der Waals surface area contributed by atoms with Crippen molar-refractivity contribution in [3.8, 4) is 5.75 Å². The molecule has 7 heteroatoms. The highest BCUT2D eigenvalue weighted by molar-refractivity contribution is 6.31. The summed E-state index contributed by atoms with van der Waals surface area (Å²) in [5.74, 6) is 0.120. The van der Waals surface area contributed by atoms with Crippen LogP contribution >= 0.6 is 11.6 Å². The molecule has 0 saturated carbocycles. The molecule has 0 radical (unpaired) electrons. The third-order valence-corrected chi connectivity index (χ3v) is 6.27. The number of anilines is 1. The number of halogens is 1. The summed E-state index contributed by atoms with van der Waals surface area (Å²) in [6.45, 7) is 4.05. The molecule has 1 atom stereocenters. The average molecular weight is 488 g/mol. The number of fused-ring (bicyclic) bond motifs is 2. The van der Waals surface area contributed by atoms with Crippen LogP contribution in [0.4, 0.5) is 5.69 Å². The van der Waals surface area contributed by atoms with Crippen molar-refractivity contribution in [2.24, 2.45) is 0 Å². The molecule has 1 unspecified atom stereocenters. The van der Waals surface area contributed by atoms with Crippen LogP contribution in [0.1, 0.15) is 58.3 Å². The van der Waals surface area contributed by atoms with Crippen molar-refractivity contribution in [3.05, 3.63) is 104 Å². The zero-order chi connectivity index (χ0) is 24.7. The van der Waals surface area contributed by atoms with Crippen LogP contribution in [-0.4, -0.2) is 18.3 Å². The Morgan fingerprint density at radius 2 is 1.83 bits per heavy atom. The molecule has 1 aliphatic rings. The van der Waals surface area contributed by atoms with Crippen LogP contribution in [0.2, 0.25) is 5.02 Å². The number of hydrogen-bond donors (Lipinski definition) is 0. The summed E-state index contributed by atoms with van der Waals surface area (Å²) in [4.78, 5) is 40.7. The first kappa shape index (κ1) is 22.9. The molecule has 2 heterocycles. The molecular weight excluding hydrogens is 466 g/mol. The van der Waals surface area contributed by atoms with Crippen LogP contribution in [0.15, 0.2) is 75.9 Å². The molecule has 0 fully saturated rings. The molecule has 1 aromatic heterocycles. The number of carbonyl (C=O) groups is 2. The molecule has 0 aliphatic carbocycles. The molecule has 5 rings (SSSR count). The zero-order valence-electron chi connectivity index (χ0n) is 19.2. The second-order valence-electron chi connectivity index (χ2n) is 8.42. The third kappa shape index (κ3) is 4.00. The number of carbonyl (C=O) groups excluding carboxylic acids is 2.